The number of phenolic OH excluding ortho intramolecular Hbond substituents is 2. The van der Waals surface area contributed by atoms with E-state index in [0.717, 1.165) is 0 Å². The molecule has 0 aliphatic carbocycles. The Labute approximate surface area is 452 Å². The number of likely N-dealkylation sites (tertiary alicyclic amines) is 1. The van der Waals surface area contributed by atoms with E-state index in [2.05, 4.69) is 47.2 Å². The van der Waals surface area contributed by atoms with Crippen LogP contribution in [0.2, 0.25) is 0 Å². The lowest BCUT2D eigenvalue weighted by atomic mass is 9.78. The second kappa shape index (κ2) is 27.2. The lowest BCUT2D eigenvalue weighted by Crippen LogP contribution is -2.62. The Morgan fingerprint density at radius 3 is 1.35 bits per heavy atom. The number of aromatic hydroxyl groups is 2. The quantitative estimate of drug-likeness (QED) is 0.0491. The van der Waals surface area contributed by atoms with E-state index < -0.39 is 132 Å². The van der Waals surface area contributed by atoms with Crippen molar-refractivity contribution in [3.63, 3.8) is 0 Å². The second-order valence-corrected chi connectivity index (χ2v) is 21.6. The molecule has 2 aromatic carbocycles. The highest BCUT2D eigenvalue weighted by molar-refractivity contribution is 6.03. The first-order chi connectivity index (χ1) is 36.0. The van der Waals surface area contributed by atoms with Crippen molar-refractivity contribution in [3.05, 3.63) is 72.1 Å². The lowest BCUT2D eigenvalue weighted by Gasteiger charge is -2.36. The van der Waals surface area contributed by atoms with Gasteiger partial charge in [-0.15, -0.1) is 0 Å². The molecule has 1 fully saturated rings. The molecule has 2 aromatic rings. The van der Waals surface area contributed by atoms with E-state index in [9.17, 15) is 58.8 Å². The molecule has 26 nitrogen and oxygen atoms in total. The molecule has 0 radical (unpaired) electrons. The molecule has 0 unspecified atom stereocenters. The summed E-state index contributed by atoms with van der Waals surface area (Å²) in [6.45, 7) is 16.1. The topological polar surface area (TPSA) is 367 Å². The Kier molecular flexibility index (Phi) is 22.3. The minimum Gasteiger partial charge on any atom is -0.508 e. The maximum atomic E-state index is 14.8. The van der Waals surface area contributed by atoms with Gasteiger partial charge in [0.1, 0.15) is 40.4 Å². The number of hydrogen-bond donors (Lipinski definition) is 11. The average molecular weight is 1100 g/mol. The van der Waals surface area contributed by atoms with Crippen LogP contribution in [0.5, 0.6) is 11.5 Å². The Bertz CT molecular complexity index is 2530. The van der Waals surface area contributed by atoms with Gasteiger partial charge in [0.2, 0.25) is 29.5 Å². The molecule has 11 N–H and O–H groups in total. The average Bonchev–Trinajstić information content (AvgIpc) is 3.43. The first-order valence-corrected chi connectivity index (χ1v) is 24.6. The van der Waals surface area contributed by atoms with Gasteiger partial charge < -0.3 is 55.3 Å². The van der Waals surface area contributed by atoms with E-state index in [-0.39, 0.29) is 24.5 Å². The van der Waals surface area contributed by atoms with Crippen molar-refractivity contribution in [2.45, 2.75) is 136 Å². The molecule has 428 valence electrons. The zero-order chi connectivity index (χ0) is 58.9. The van der Waals surface area contributed by atoms with Crippen LogP contribution in [0.1, 0.15) is 113 Å². The number of carbonyl (C=O) groups is 8. The molecule has 8 amide bonds. The van der Waals surface area contributed by atoms with Crippen molar-refractivity contribution < 1.29 is 77.7 Å². The van der Waals surface area contributed by atoms with Crippen molar-refractivity contribution >= 4 is 72.1 Å². The summed E-state index contributed by atoms with van der Waals surface area (Å²) in [7, 11) is 0. The van der Waals surface area contributed by atoms with E-state index in [0.29, 0.717) is 16.0 Å². The largest absolute Gasteiger partial charge is 0.508 e. The standard InChI is InChI=1S/C52H74N10O16/c1-47(2,3)75-43(69)58-41(59-44(70)76-48(4,5)6)55-26-13-25-51(73)36(24-29-56-42(60-45(71)77-49(7,8)9)61-46(72)78-50(10,11)12)52(74,39(67)57-30-37(65)53-27-22-32-14-18-34(63)19-15-32)62(40(51)68)31-38(66)54-28-23-33-16-20-35(64)21-17-33/h14-23,27-28,36,63-64,73-74H,13,24-26,29-31H2,1-12H3,(H,53,65)(H,54,66)(H,57,67)(H2,55,58,59,69,70)(H2,56,60,61,71,72)/b27-22+,28-23+/t36-,51+,52-/m1/s1. The van der Waals surface area contributed by atoms with Crippen LogP contribution in [-0.2, 0) is 38.1 Å². The third kappa shape index (κ3) is 22.1. The minimum absolute atomic E-state index is 0.00880. The van der Waals surface area contributed by atoms with E-state index in [1.807, 2.05) is 0 Å². The van der Waals surface area contributed by atoms with Gasteiger partial charge in [0.15, 0.2) is 5.60 Å². The Balaban J connectivity index is 2.16. The number of nitrogens with one attached hydrogen (secondary N) is 7. The van der Waals surface area contributed by atoms with E-state index in [1.165, 1.54) is 61.0 Å². The summed E-state index contributed by atoms with van der Waals surface area (Å²) >= 11 is 0. The van der Waals surface area contributed by atoms with Crippen LogP contribution < -0.4 is 37.2 Å². The zero-order valence-electron chi connectivity index (χ0n) is 46.0. The van der Waals surface area contributed by atoms with Gasteiger partial charge in [0, 0.05) is 25.5 Å². The SMILES string of the molecule is CC(C)(C)OC(=O)NC(=NCCC[C@@]1(O)C(=O)N(CC(=O)N/C=C/c2ccc(O)cc2)[C@](O)(C(=O)NCC(=O)N/C=C/c2ccc(O)cc2)[C@@H]1CCN=C(NC(=O)OC(C)(C)C)NC(=O)OC(C)(C)C)NC(=O)OC(C)(C)C. The number of hydrogen-bond acceptors (Lipinski definition) is 18. The van der Waals surface area contributed by atoms with Crippen LogP contribution in [0, 0.1) is 5.92 Å². The minimum atomic E-state index is -3.19. The molecule has 1 saturated heterocycles. The summed E-state index contributed by atoms with van der Waals surface area (Å²) in [5.74, 6) is -7.58. The van der Waals surface area contributed by atoms with Crippen molar-refractivity contribution in [3.8, 4) is 11.5 Å². The molecule has 1 heterocycles. The number of rotatable bonds is 16. The molecule has 0 spiro atoms. The third-order valence-corrected chi connectivity index (χ3v) is 10.1. The number of benzene rings is 2. The van der Waals surface area contributed by atoms with E-state index in [4.69, 9.17) is 18.9 Å². The summed E-state index contributed by atoms with van der Waals surface area (Å²) in [5.41, 5.74) is -8.88. The Hall–Kier alpha value is -8.26. The highest BCUT2D eigenvalue weighted by atomic mass is 16.6. The summed E-state index contributed by atoms with van der Waals surface area (Å²) in [6, 6.07) is 11.8. The predicted octanol–water partition coefficient (Wildman–Crippen LogP) is 3.95. The third-order valence-electron chi connectivity index (χ3n) is 10.1. The fourth-order valence-corrected chi connectivity index (χ4v) is 7.08. The Morgan fingerprint density at radius 1 is 0.590 bits per heavy atom. The van der Waals surface area contributed by atoms with Crippen LogP contribution in [-0.4, -0.2) is 145 Å². The fraction of sp³-hybridized carbons (Fsp3) is 0.500. The first kappa shape index (κ1) is 64.0. The molecule has 0 saturated carbocycles. The highest BCUT2D eigenvalue weighted by Crippen LogP contribution is 2.46. The zero-order valence-corrected chi connectivity index (χ0v) is 46.0. The molecule has 1 aliphatic heterocycles. The molecular weight excluding hydrogens is 1020 g/mol. The molecular formula is C52H74N10O16. The van der Waals surface area contributed by atoms with Crippen LogP contribution >= 0.6 is 0 Å². The second-order valence-electron chi connectivity index (χ2n) is 21.6. The Morgan fingerprint density at radius 2 is 0.962 bits per heavy atom. The van der Waals surface area contributed by atoms with Crippen LogP contribution in [0.4, 0.5) is 19.2 Å². The van der Waals surface area contributed by atoms with E-state index >= 15 is 0 Å². The molecule has 3 atom stereocenters. The molecule has 26 heteroatoms. The van der Waals surface area contributed by atoms with Gasteiger partial charge >= 0.3 is 24.4 Å². The van der Waals surface area contributed by atoms with Gasteiger partial charge in [0.25, 0.3) is 11.8 Å². The lowest BCUT2D eigenvalue weighted by molar-refractivity contribution is -0.174. The summed E-state index contributed by atoms with van der Waals surface area (Å²) in [4.78, 5) is 117. The number of alkyl carbamates (subject to hydrolysis) is 4. The summed E-state index contributed by atoms with van der Waals surface area (Å²) < 4.78 is 21.3. The van der Waals surface area contributed by atoms with Crippen LogP contribution in [0.25, 0.3) is 12.2 Å². The maximum Gasteiger partial charge on any atom is 0.414 e. The molecule has 1 aliphatic rings. The van der Waals surface area contributed by atoms with Crippen molar-refractivity contribution in [1.82, 2.24) is 42.1 Å². The summed E-state index contributed by atoms with van der Waals surface area (Å²) in [5, 5.41) is 61.2. The number of aliphatic imine (C=N–C) groups is 2. The van der Waals surface area contributed by atoms with Gasteiger partial charge in [-0.3, -0.25) is 55.3 Å². The molecule has 0 bridgehead atoms. The number of nitrogens with zero attached hydrogens (tertiary/aromatic N) is 3. The predicted molar refractivity (Wildman–Crippen MR) is 285 cm³/mol. The van der Waals surface area contributed by atoms with Crippen LogP contribution in [0.3, 0.4) is 0 Å². The highest BCUT2D eigenvalue weighted by Gasteiger charge is 2.69. The molecule has 0 aromatic heterocycles. The molecule has 3 rings (SSSR count). The number of amides is 8. The number of carbonyl (C=O) groups excluding carboxylic acids is 8. The van der Waals surface area contributed by atoms with Crippen LogP contribution in [0.15, 0.2) is 70.9 Å². The maximum absolute atomic E-state index is 14.8. The van der Waals surface area contributed by atoms with Crippen molar-refractivity contribution in [1.29, 1.82) is 0 Å². The molecule has 78 heavy (non-hydrogen) atoms. The normalized spacial score (nSPS) is 17.5. The van der Waals surface area contributed by atoms with Gasteiger partial charge in [-0.1, -0.05) is 24.3 Å². The van der Waals surface area contributed by atoms with Gasteiger partial charge in [-0.2, -0.15) is 0 Å². The number of aliphatic hydroxyl groups is 2. The van der Waals surface area contributed by atoms with Crippen molar-refractivity contribution in [2.24, 2.45) is 15.9 Å². The number of phenols is 2. The first-order valence-electron chi connectivity index (χ1n) is 24.6. The van der Waals surface area contributed by atoms with E-state index in [1.54, 1.807) is 95.2 Å². The van der Waals surface area contributed by atoms with Gasteiger partial charge in [0.05, 0.1) is 12.5 Å². The number of guanidine groups is 2. The van der Waals surface area contributed by atoms with Crippen molar-refractivity contribution in [2.75, 3.05) is 26.2 Å². The van der Waals surface area contributed by atoms with Gasteiger partial charge in [-0.05, 0) is 150 Å². The smallest absolute Gasteiger partial charge is 0.414 e. The summed E-state index contributed by atoms with van der Waals surface area (Å²) in [6.07, 6.45) is -0.430. The van der Waals surface area contributed by atoms with Gasteiger partial charge in [-0.25, -0.2) is 19.2 Å². The monoisotopic (exact) mass is 1090 g/mol. The number of ether oxygens (including phenoxy) is 4. The fourth-order valence-electron chi connectivity index (χ4n) is 7.08.